The molecule has 0 bridgehead atoms. The van der Waals surface area contributed by atoms with Crippen molar-refractivity contribution in [1.82, 2.24) is 20.6 Å². The number of H-pyrrole nitrogens is 1. The second-order valence-corrected chi connectivity index (χ2v) is 4.62. The van der Waals surface area contributed by atoms with Crippen LogP contribution in [0.2, 0.25) is 0 Å². The van der Waals surface area contributed by atoms with Gasteiger partial charge in [-0.15, -0.1) is 5.10 Å². The molecule has 0 amide bonds. The minimum absolute atomic E-state index is 0.00208. The lowest BCUT2D eigenvalue weighted by molar-refractivity contribution is -0.120. The number of aromatic nitrogens is 4. The fourth-order valence-electron chi connectivity index (χ4n) is 1.93. The number of Topliss-reactive ketones (excluding diaryl/α,β-unsaturated/α-hetero) is 1. The number of rotatable bonds is 1. The Labute approximate surface area is 87.2 Å². The molecule has 0 radical (unpaired) electrons. The summed E-state index contributed by atoms with van der Waals surface area (Å²) in [6, 6.07) is 0. The second-order valence-electron chi connectivity index (χ2n) is 4.62. The van der Waals surface area contributed by atoms with E-state index in [1.807, 2.05) is 0 Å². The van der Waals surface area contributed by atoms with Crippen LogP contribution in [0.1, 0.15) is 33.1 Å². The van der Waals surface area contributed by atoms with E-state index in [1.165, 1.54) is 0 Å². The number of hydrogen-bond acceptors (Lipinski definition) is 5. The minimum atomic E-state index is -0.00208. The van der Waals surface area contributed by atoms with Crippen LogP contribution in [0.5, 0.6) is 0 Å². The van der Waals surface area contributed by atoms with Crippen LogP contribution in [0.25, 0.3) is 0 Å². The van der Waals surface area contributed by atoms with Crippen molar-refractivity contribution in [3.05, 3.63) is 0 Å². The number of nitrogens with zero attached hydrogens (tertiary/aromatic N) is 4. The summed E-state index contributed by atoms with van der Waals surface area (Å²) >= 11 is 0. The SMILES string of the molecule is CC1(C)CC(=O)C/C(=N/c2nn[nH]n2)C1. The molecular weight excluding hydrogens is 194 g/mol. The Bertz CT molecular complexity index is 393. The van der Waals surface area contributed by atoms with Gasteiger partial charge in [0.15, 0.2) is 0 Å². The van der Waals surface area contributed by atoms with Gasteiger partial charge in [0.1, 0.15) is 5.78 Å². The van der Waals surface area contributed by atoms with Crippen LogP contribution in [0.4, 0.5) is 5.95 Å². The molecule has 1 heterocycles. The van der Waals surface area contributed by atoms with Gasteiger partial charge < -0.3 is 0 Å². The normalized spacial score (nSPS) is 23.3. The lowest BCUT2D eigenvalue weighted by Gasteiger charge is -2.28. The summed E-state index contributed by atoms with van der Waals surface area (Å²) < 4.78 is 0. The number of aromatic amines is 1. The van der Waals surface area contributed by atoms with Gasteiger partial charge in [0.25, 0.3) is 5.95 Å². The van der Waals surface area contributed by atoms with Crippen molar-refractivity contribution < 1.29 is 4.79 Å². The van der Waals surface area contributed by atoms with Crippen LogP contribution in [-0.4, -0.2) is 32.1 Å². The molecular formula is C9H13N5O. The first-order chi connectivity index (χ1) is 7.05. The highest BCUT2D eigenvalue weighted by atomic mass is 16.1. The molecule has 0 saturated heterocycles. The number of tetrazole rings is 1. The van der Waals surface area contributed by atoms with E-state index in [9.17, 15) is 4.79 Å². The summed E-state index contributed by atoms with van der Waals surface area (Å²) in [5.41, 5.74) is 0.843. The summed E-state index contributed by atoms with van der Waals surface area (Å²) in [4.78, 5) is 15.7. The maximum atomic E-state index is 11.5. The topological polar surface area (TPSA) is 83.9 Å². The zero-order valence-electron chi connectivity index (χ0n) is 8.82. The number of hydrogen-bond donors (Lipinski definition) is 1. The van der Waals surface area contributed by atoms with Crippen LogP contribution in [0.15, 0.2) is 4.99 Å². The highest BCUT2D eigenvalue weighted by Crippen LogP contribution is 2.32. The summed E-state index contributed by atoms with van der Waals surface area (Å²) in [5, 5.41) is 13.2. The molecule has 0 unspecified atom stereocenters. The van der Waals surface area contributed by atoms with E-state index in [-0.39, 0.29) is 11.2 Å². The zero-order valence-corrected chi connectivity index (χ0v) is 8.82. The van der Waals surface area contributed by atoms with Crippen molar-refractivity contribution in [3.63, 3.8) is 0 Å². The third-order valence-electron chi connectivity index (χ3n) is 2.35. The number of ketones is 1. The first-order valence-corrected chi connectivity index (χ1v) is 4.87. The van der Waals surface area contributed by atoms with Crippen molar-refractivity contribution in [2.24, 2.45) is 10.4 Å². The van der Waals surface area contributed by atoms with Gasteiger partial charge in [0.2, 0.25) is 0 Å². The van der Waals surface area contributed by atoms with E-state index in [4.69, 9.17) is 0 Å². The molecule has 1 saturated carbocycles. The molecule has 0 spiro atoms. The van der Waals surface area contributed by atoms with Crippen LogP contribution < -0.4 is 0 Å². The fourth-order valence-corrected chi connectivity index (χ4v) is 1.93. The van der Waals surface area contributed by atoms with E-state index in [0.717, 1.165) is 12.1 Å². The zero-order chi connectivity index (χ0) is 10.9. The molecule has 1 aliphatic carbocycles. The molecule has 6 heteroatoms. The molecule has 1 aromatic heterocycles. The van der Waals surface area contributed by atoms with E-state index in [0.29, 0.717) is 18.8 Å². The largest absolute Gasteiger partial charge is 0.299 e. The third-order valence-corrected chi connectivity index (χ3v) is 2.35. The van der Waals surface area contributed by atoms with Crippen molar-refractivity contribution in [2.45, 2.75) is 33.1 Å². The molecule has 1 aromatic rings. The van der Waals surface area contributed by atoms with E-state index in [1.54, 1.807) is 0 Å². The maximum absolute atomic E-state index is 11.5. The van der Waals surface area contributed by atoms with Crippen molar-refractivity contribution in [1.29, 1.82) is 0 Å². The Morgan fingerprint density at radius 1 is 1.40 bits per heavy atom. The van der Waals surface area contributed by atoms with Crippen molar-refractivity contribution in [2.75, 3.05) is 0 Å². The quantitative estimate of drug-likeness (QED) is 0.746. The summed E-state index contributed by atoms with van der Waals surface area (Å²) in [5.74, 6) is 0.531. The van der Waals surface area contributed by atoms with E-state index < -0.39 is 0 Å². The monoisotopic (exact) mass is 207 g/mol. The Morgan fingerprint density at radius 2 is 2.20 bits per heavy atom. The van der Waals surface area contributed by atoms with E-state index >= 15 is 0 Å². The van der Waals surface area contributed by atoms with Gasteiger partial charge in [-0.1, -0.05) is 18.9 Å². The van der Waals surface area contributed by atoms with Crippen LogP contribution in [-0.2, 0) is 4.79 Å². The third kappa shape index (κ3) is 2.45. The second kappa shape index (κ2) is 3.52. The van der Waals surface area contributed by atoms with E-state index in [2.05, 4.69) is 39.5 Å². The Kier molecular flexibility index (Phi) is 2.34. The predicted octanol–water partition coefficient (Wildman–Crippen LogP) is 1.05. The highest BCUT2D eigenvalue weighted by Gasteiger charge is 2.30. The van der Waals surface area contributed by atoms with Crippen molar-refractivity contribution >= 4 is 17.4 Å². The van der Waals surface area contributed by atoms with Gasteiger partial charge in [-0.05, 0) is 17.0 Å². The highest BCUT2D eigenvalue weighted by molar-refractivity contribution is 6.05. The number of nitrogens with one attached hydrogen (secondary N) is 1. The molecule has 1 N–H and O–H groups in total. The predicted molar refractivity (Wildman–Crippen MR) is 53.9 cm³/mol. The molecule has 0 aromatic carbocycles. The number of carbonyl (C=O) groups excluding carboxylic acids is 1. The molecule has 1 aliphatic rings. The van der Waals surface area contributed by atoms with Crippen LogP contribution in [0, 0.1) is 5.41 Å². The molecule has 6 nitrogen and oxygen atoms in total. The molecule has 15 heavy (non-hydrogen) atoms. The van der Waals surface area contributed by atoms with Gasteiger partial charge in [0, 0.05) is 18.6 Å². The summed E-state index contributed by atoms with van der Waals surface area (Å²) in [6.45, 7) is 4.13. The average molecular weight is 207 g/mol. The number of aliphatic imine (C=N–C) groups is 1. The maximum Gasteiger partial charge on any atom is 0.288 e. The summed E-state index contributed by atoms with van der Waals surface area (Å²) in [6.07, 6.45) is 1.85. The summed E-state index contributed by atoms with van der Waals surface area (Å²) in [7, 11) is 0. The first-order valence-electron chi connectivity index (χ1n) is 4.87. The van der Waals surface area contributed by atoms with Gasteiger partial charge >= 0.3 is 0 Å². The van der Waals surface area contributed by atoms with Gasteiger partial charge in [-0.3, -0.25) is 4.79 Å². The lowest BCUT2D eigenvalue weighted by Crippen LogP contribution is -2.28. The Balaban J connectivity index is 2.20. The Morgan fingerprint density at radius 3 is 2.80 bits per heavy atom. The smallest absolute Gasteiger partial charge is 0.288 e. The van der Waals surface area contributed by atoms with Crippen molar-refractivity contribution in [3.8, 4) is 0 Å². The average Bonchev–Trinajstić information content (AvgIpc) is 2.52. The minimum Gasteiger partial charge on any atom is -0.299 e. The number of carbonyl (C=O) groups is 1. The van der Waals surface area contributed by atoms with Gasteiger partial charge in [0.05, 0.1) is 0 Å². The van der Waals surface area contributed by atoms with Crippen LogP contribution in [0.3, 0.4) is 0 Å². The lowest BCUT2D eigenvalue weighted by atomic mass is 9.76. The standard InChI is InChI=1S/C9H13N5O/c1-9(2)4-6(3-7(15)5-9)10-8-11-13-14-12-8/h3-5H2,1-2H3,(H,11,12,13,14)/b10-6-. The van der Waals surface area contributed by atoms with Gasteiger partial charge in [-0.2, -0.15) is 5.21 Å². The molecule has 2 rings (SSSR count). The van der Waals surface area contributed by atoms with Gasteiger partial charge in [-0.25, -0.2) is 4.99 Å². The molecule has 0 atom stereocenters. The molecule has 80 valence electrons. The fraction of sp³-hybridized carbons (Fsp3) is 0.667. The van der Waals surface area contributed by atoms with Crippen LogP contribution >= 0.6 is 0 Å². The molecule has 1 fully saturated rings. The molecule has 0 aliphatic heterocycles. The first kappa shape index (κ1) is 9.95. The Hall–Kier alpha value is -1.59.